The summed E-state index contributed by atoms with van der Waals surface area (Å²) in [6.45, 7) is -0.247. The van der Waals surface area contributed by atoms with Gasteiger partial charge in [-0.3, -0.25) is 4.79 Å². The van der Waals surface area contributed by atoms with Crippen molar-refractivity contribution in [2.45, 2.75) is 12.7 Å². The predicted molar refractivity (Wildman–Crippen MR) is 77.4 cm³/mol. The highest BCUT2D eigenvalue weighted by molar-refractivity contribution is 5.92. The Balaban J connectivity index is 1.90. The van der Waals surface area contributed by atoms with Gasteiger partial charge in [0, 0.05) is 19.7 Å². The summed E-state index contributed by atoms with van der Waals surface area (Å²) < 4.78 is 41.4. The summed E-state index contributed by atoms with van der Waals surface area (Å²) in [7, 11) is 1.42. The molecule has 0 aliphatic heterocycles. The smallest absolute Gasteiger partial charge is 0.273 e. The Labute approximate surface area is 136 Å². The van der Waals surface area contributed by atoms with Crippen LogP contribution in [-0.4, -0.2) is 42.5 Å². The van der Waals surface area contributed by atoms with Crippen molar-refractivity contribution in [3.05, 3.63) is 47.4 Å². The van der Waals surface area contributed by atoms with Crippen LogP contribution in [0.3, 0.4) is 0 Å². The van der Waals surface area contributed by atoms with Gasteiger partial charge in [-0.2, -0.15) is 0 Å². The summed E-state index contributed by atoms with van der Waals surface area (Å²) in [6, 6.07) is 4.61. The second-order valence-electron chi connectivity index (χ2n) is 4.84. The van der Waals surface area contributed by atoms with Crippen LogP contribution < -0.4 is 10.1 Å². The highest BCUT2D eigenvalue weighted by atomic mass is 19.1. The van der Waals surface area contributed by atoms with Gasteiger partial charge >= 0.3 is 0 Å². The normalized spacial score (nSPS) is 12.0. The van der Waals surface area contributed by atoms with E-state index < -0.39 is 29.4 Å². The van der Waals surface area contributed by atoms with E-state index in [1.807, 2.05) is 0 Å². The fourth-order valence-electron chi connectivity index (χ4n) is 1.80. The Morgan fingerprint density at radius 3 is 2.79 bits per heavy atom. The van der Waals surface area contributed by atoms with Crippen LogP contribution in [0.1, 0.15) is 16.2 Å². The zero-order valence-corrected chi connectivity index (χ0v) is 12.8. The lowest BCUT2D eigenvalue weighted by atomic mass is 10.3. The molecule has 2 rings (SSSR count). The maximum absolute atomic E-state index is 13.4. The molecule has 1 amide bonds. The van der Waals surface area contributed by atoms with Crippen molar-refractivity contribution in [3.8, 4) is 5.75 Å². The van der Waals surface area contributed by atoms with E-state index in [1.165, 1.54) is 19.2 Å². The van der Waals surface area contributed by atoms with Crippen LogP contribution in [-0.2, 0) is 11.3 Å². The molecule has 0 radical (unpaired) electrons. The number of nitrogens with one attached hydrogen (secondary N) is 1. The molecular formula is C15H16F2N2O5. The van der Waals surface area contributed by atoms with Crippen molar-refractivity contribution in [2.75, 3.05) is 20.3 Å². The molecule has 0 saturated carbocycles. The lowest BCUT2D eigenvalue weighted by molar-refractivity contribution is 0.0607. The standard InChI is InChI=1S/C15H16F2N2O5/c1-22-7-9(20)6-18-15(21)13-5-10(24-19-13)8-23-14-11(16)3-2-4-12(14)17/h2-5,9,20H,6-8H2,1H3,(H,18,21)/t9-/m1/s1. The van der Waals surface area contributed by atoms with Gasteiger partial charge in [-0.25, -0.2) is 8.78 Å². The average Bonchev–Trinajstić information content (AvgIpc) is 3.01. The van der Waals surface area contributed by atoms with Crippen molar-refractivity contribution in [3.63, 3.8) is 0 Å². The average molecular weight is 342 g/mol. The van der Waals surface area contributed by atoms with Crippen molar-refractivity contribution in [1.29, 1.82) is 0 Å². The van der Waals surface area contributed by atoms with E-state index in [1.54, 1.807) is 0 Å². The van der Waals surface area contributed by atoms with Crippen LogP contribution in [0.15, 0.2) is 28.8 Å². The summed E-state index contributed by atoms with van der Waals surface area (Å²) in [5.74, 6) is -2.70. The molecule has 0 aliphatic rings. The van der Waals surface area contributed by atoms with Crippen molar-refractivity contribution in [2.24, 2.45) is 0 Å². The van der Waals surface area contributed by atoms with Crippen LogP contribution >= 0.6 is 0 Å². The Hall–Kier alpha value is -2.52. The molecule has 0 fully saturated rings. The SMILES string of the molecule is COC[C@H](O)CNC(=O)c1cc(COc2c(F)cccc2F)on1. The number of aliphatic hydroxyl groups is 1. The van der Waals surface area contributed by atoms with Gasteiger partial charge in [0.2, 0.25) is 0 Å². The number of nitrogens with zero attached hydrogens (tertiary/aromatic N) is 1. The van der Waals surface area contributed by atoms with E-state index in [2.05, 4.69) is 10.5 Å². The molecule has 0 bridgehead atoms. The van der Waals surface area contributed by atoms with Gasteiger partial charge in [-0.15, -0.1) is 0 Å². The van der Waals surface area contributed by atoms with Crippen molar-refractivity contribution in [1.82, 2.24) is 10.5 Å². The van der Waals surface area contributed by atoms with E-state index >= 15 is 0 Å². The Morgan fingerprint density at radius 1 is 1.42 bits per heavy atom. The van der Waals surface area contributed by atoms with Gasteiger partial charge < -0.3 is 24.4 Å². The molecule has 0 unspecified atom stereocenters. The minimum absolute atomic E-state index is 0.0220. The van der Waals surface area contributed by atoms with Crippen molar-refractivity contribution >= 4 is 5.91 Å². The molecule has 0 spiro atoms. The highest BCUT2D eigenvalue weighted by Gasteiger charge is 2.16. The molecule has 1 heterocycles. The molecule has 24 heavy (non-hydrogen) atoms. The summed E-state index contributed by atoms with van der Waals surface area (Å²) in [4.78, 5) is 11.8. The summed E-state index contributed by atoms with van der Waals surface area (Å²) in [5, 5.41) is 15.4. The molecular weight excluding hydrogens is 326 g/mol. The summed E-state index contributed by atoms with van der Waals surface area (Å²) in [6.07, 6.45) is -0.849. The minimum Gasteiger partial charge on any atom is -0.479 e. The van der Waals surface area contributed by atoms with E-state index in [0.29, 0.717) is 0 Å². The maximum atomic E-state index is 13.4. The summed E-state index contributed by atoms with van der Waals surface area (Å²) in [5.41, 5.74) is -0.0489. The number of hydrogen-bond donors (Lipinski definition) is 2. The third-order valence-electron chi connectivity index (χ3n) is 2.93. The Kier molecular flexibility index (Phi) is 6.21. The Morgan fingerprint density at radius 2 is 2.12 bits per heavy atom. The number of carbonyl (C=O) groups is 1. The molecule has 2 N–H and O–H groups in total. The van der Waals surface area contributed by atoms with Gasteiger partial charge in [-0.05, 0) is 12.1 Å². The van der Waals surface area contributed by atoms with Crippen LogP contribution in [0.4, 0.5) is 8.78 Å². The van der Waals surface area contributed by atoms with Crippen LogP contribution in [0.2, 0.25) is 0 Å². The van der Waals surface area contributed by atoms with E-state index in [4.69, 9.17) is 14.0 Å². The number of ether oxygens (including phenoxy) is 2. The van der Waals surface area contributed by atoms with Crippen LogP contribution in [0, 0.1) is 11.6 Å². The number of rotatable bonds is 8. The zero-order chi connectivity index (χ0) is 17.5. The van der Waals surface area contributed by atoms with Gasteiger partial charge in [0.05, 0.1) is 12.7 Å². The third-order valence-corrected chi connectivity index (χ3v) is 2.93. The maximum Gasteiger partial charge on any atom is 0.273 e. The lowest BCUT2D eigenvalue weighted by Gasteiger charge is -2.09. The first-order chi connectivity index (χ1) is 11.5. The van der Waals surface area contributed by atoms with E-state index in [9.17, 15) is 18.7 Å². The molecule has 9 heteroatoms. The molecule has 1 atom stereocenters. The number of halogens is 2. The number of benzene rings is 1. The first kappa shape index (κ1) is 17.8. The number of aromatic nitrogens is 1. The second-order valence-corrected chi connectivity index (χ2v) is 4.84. The first-order valence-corrected chi connectivity index (χ1v) is 6.99. The number of para-hydroxylation sites is 1. The minimum atomic E-state index is -0.849. The lowest BCUT2D eigenvalue weighted by Crippen LogP contribution is -2.34. The van der Waals surface area contributed by atoms with Crippen LogP contribution in [0.5, 0.6) is 5.75 Å². The van der Waals surface area contributed by atoms with Gasteiger partial charge in [0.1, 0.15) is 6.61 Å². The van der Waals surface area contributed by atoms with Gasteiger partial charge in [-0.1, -0.05) is 11.2 Å². The topological polar surface area (TPSA) is 93.8 Å². The number of amides is 1. The Bertz CT molecular complexity index is 672. The number of carbonyl (C=O) groups excluding carboxylic acids is 1. The molecule has 7 nitrogen and oxygen atoms in total. The summed E-state index contributed by atoms with van der Waals surface area (Å²) >= 11 is 0. The highest BCUT2D eigenvalue weighted by Crippen LogP contribution is 2.22. The molecule has 1 aromatic carbocycles. The molecule has 0 aliphatic carbocycles. The van der Waals surface area contributed by atoms with Crippen molar-refractivity contribution < 1.29 is 32.7 Å². The second kappa shape index (κ2) is 8.37. The molecule has 0 saturated heterocycles. The number of methoxy groups -OCH3 is 1. The van der Waals surface area contributed by atoms with Crippen LogP contribution in [0.25, 0.3) is 0 Å². The molecule has 1 aromatic heterocycles. The third kappa shape index (κ3) is 4.74. The van der Waals surface area contributed by atoms with Gasteiger partial charge in [0.25, 0.3) is 5.91 Å². The number of hydrogen-bond acceptors (Lipinski definition) is 6. The fourth-order valence-corrected chi connectivity index (χ4v) is 1.80. The predicted octanol–water partition coefficient (Wildman–Crippen LogP) is 1.27. The van der Waals surface area contributed by atoms with E-state index in [0.717, 1.165) is 12.1 Å². The number of aliphatic hydroxyl groups excluding tert-OH is 1. The molecule has 130 valence electrons. The fraction of sp³-hybridized carbons (Fsp3) is 0.333. The van der Waals surface area contributed by atoms with Gasteiger partial charge in [0.15, 0.2) is 28.8 Å². The van der Waals surface area contributed by atoms with E-state index in [-0.39, 0.29) is 31.2 Å². The largest absolute Gasteiger partial charge is 0.479 e. The first-order valence-electron chi connectivity index (χ1n) is 6.99. The molecule has 2 aromatic rings. The quantitative estimate of drug-likeness (QED) is 0.750. The zero-order valence-electron chi connectivity index (χ0n) is 12.8. The monoisotopic (exact) mass is 342 g/mol.